The highest BCUT2D eigenvalue weighted by Crippen LogP contribution is 2.41. The van der Waals surface area contributed by atoms with E-state index in [2.05, 4.69) is 0 Å². The fourth-order valence-electron chi connectivity index (χ4n) is 3.71. The Labute approximate surface area is 170 Å². The molecule has 5 heteroatoms. The molecule has 1 aliphatic heterocycles. The zero-order valence-electron chi connectivity index (χ0n) is 16.2. The normalized spacial score (nSPS) is 17.0. The molecule has 0 aliphatic carbocycles. The van der Waals surface area contributed by atoms with E-state index in [1.54, 1.807) is 17.9 Å². The number of benzene rings is 2. The van der Waals surface area contributed by atoms with Gasteiger partial charge in [-0.25, -0.2) is 4.79 Å². The third-order valence-electron chi connectivity index (χ3n) is 4.96. The van der Waals surface area contributed by atoms with Gasteiger partial charge in [0.2, 0.25) is 5.91 Å². The Morgan fingerprint density at radius 2 is 1.79 bits per heavy atom. The summed E-state index contributed by atoms with van der Waals surface area (Å²) < 4.78 is 5.36. The summed E-state index contributed by atoms with van der Waals surface area (Å²) in [6, 6.07) is 17.1. The average molecular weight is 398 g/mol. The number of hydrogen-bond acceptors (Lipinski definition) is 3. The summed E-state index contributed by atoms with van der Waals surface area (Å²) in [5.41, 5.74) is 3.04. The van der Waals surface area contributed by atoms with Gasteiger partial charge in [-0.2, -0.15) is 0 Å². The van der Waals surface area contributed by atoms with Crippen LogP contribution in [0.3, 0.4) is 0 Å². The lowest BCUT2D eigenvalue weighted by Crippen LogP contribution is -2.38. The van der Waals surface area contributed by atoms with E-state index in [1.165, 1.54) is 0 Å². The molecule has 0 spiro atoms. The Bertz CT molecular complexity index is 892. The number of esters is 1. The second-order valence-corrected chi connectivity index (χ2v) is 7.09. The van der Waals surface area contributed by atoms with E-state index in [0.717, 1.165) is 11.1 Å². The van der Waals surface area contributed by atoms with E-state index < -0.39 is 5.92 Å². The summed E-state index contributed by atoms with van der Waals surface area (Å²) >= 11 is 6.41. The topological polar surface area (TPSA) is 46.6 Å². The van der Waals surface area contributed by atoms with Gasteiger partial charge in [0.05, 0.1) is 18.7 Å². The molecule has 1 atom stereocenters. The van der Waals surface area contributed by atoms with Gasteiger partial charge in [0.15, 0.2) is 0 Å². The summed E-state index contributed by atoms with van der Waals surface area (Å²) in [5.74, 6) is -0.796. The van der Waals surface area contributed by atoms with Crippen molar-refractivity contribution in [3.8, 4) is 0 Å². The third kappa shape index (κ3) is 4.12. The van der Waals surface area contributed by atoms with E-state index >= 15 is 0 Å². The van der Waals surface area contributed by atoms with Crippen LogP contribution < -0.4 is 0 Å². The first kappa shape index (κ1) is 20.2. The highest BCUT2D eigenvalue weighted by atomic mass is 35.5. The van der Waals surface area contributed by atoms with Crippen LogP contribution in [-0.4, -0.2) is 23.4 Å². The van der Waals surface area contributed by atoms with E-state index in [9.17, 15) is 9.59 Å². The number of halogens is 1. The Morgan fingerprint density at radius 1 is 1.11 bits per heavy atom. The maximum Gasteiger partial charge on any atom is 0.336 e. The Morgan fingerprint density at radius 3 is 2.43 bits per heavy atom. The second kappa shape index (κ2) is 9.07. The highest BCUT2D eigenvalue weighted by Gasteiger charge is 2.38. The minimum Gasteiger partial charge on any atom is -0.463 e. The zero-order chi connectivity index (χ0) is 20.1. The van der Waals surface area contributed by atoms with Gasteiger partial charge in [-0.15, -0.1) is 0 Å². The molecule has 0 saturated heterocycles. The number of ether oxygens (including phenoxy) is 1. The van der Waals surface area contributed by atoms with Crippen molar-refractivity contribution >= 4 is 23.5 Å². The van der Waals surface area contributed by atoms with Crippen molar-refractivity contribution in [1.29, 1.82) is 0 Å². The molecule has 1 amide bonds. The first-order chi connectivity index (χ1) is 13.6. The first-order valence-electron chi connectivity index (χ1n) is 9.55. The number of carbonyl (C=O) groups is 2. The monoisotopic (exact) mass is 397 g/mol. The van der Waals surface area contributed by atoms with Crippen LogP contribution in [0.25, 0.3) is 0 Å². The zero-order valence-corrected chi connectivity index (χ0v) is 16.9. The van der Waals surface area contributed by atoms with Crippen LogP contribution >= 0.6 is 11.6 Å². The maximum atomic E-state index is 13.1. The molecule has 0 saturated carbocycles. The number of amides is 1. The Hall–Kier alpha value is -2.59. The Balaban J connectivity index is 2.10. The van der Waals surface area contributed by atoms with Gasteiger partial charge >= 0.3 is 5.97 Å². The molecule has 146 valence electrons. The molecule has 3 rings (SSSR count). The molecule has 2 aromatic rings. The molecule has 28 heavy (non-hydrogen) atoms. The Kier molecular flexibility index (Phi) is 6.53. The minimum atomic E-state index is -0.401. The molecule has 2 aromatic carbocycles. The smallest absolute Gasteiger partial charge is 0.336 e. The molecule has 1 heterocycles. The van der Waals surface area contributed by atoms with Gasteiger partial charge in [0.25, 0.3) is 0 Å². The average Bonchev–Trinajstić information content (AvgIpc) is 2.70. The molecule has 0 bridgehead atoms. The number of allylic oxidation sites excluding steroid dienone is 1. The summed E-state index contributed by atoms with van der Waals surface area (Å²) in [6.07, 6.45) is 0.738. The van der Waals surface area contributed by atoms with Crippen molar-refractivity contribution in [1.82, 2.24) is 4.90 Å². The first-order valence-corrected chi connectivity index (χ1v) is 9.93. The number of rotatable bonds is 6. The van der Waals surface area contributed by atoms with Gasteiger partial charge < -0.3 is 9.64 Å². The molecule has 1 aliphatic rings. The molecule has 0 unspecified atom stereocenters. The van der Waals surface area contributed by atoms with Crippen LogP contribution in [0.15, 0.2) is 65.9 Å². The van der Waals surface area contributed by atoms with Crippen LogP contribution in [0.1, 0.15) is 43.7 Å². The fourth-order valence-corrected chi connectivity index (χ4v) is 3.97. The van der Waals surface area contributed by atoms with E-state index in [4.69, 9.17) is 16.3 Å². The quantitative estimate of drug-likeness (QED) is 0.638. The van der Waals surface area contributed by atoms with Gasteiger partial charge in [0, 0.05) is 23.1 Å². The van der Waals surface area contributed by atoms with Crippen LogP contribution in [-0.2, 0) is 20.9 Å². The molecule has 0 aromatic heterocycles. The van der Waals surface area contributed by atoms with Crippen molar-refractivity contribution < 1.29 is 14.3 Å². The molecule has 0 fully saturated rings. The van der Waals surface area contributed by atoms with Gasteiger partial charge in [-0.1, -0.05) is 67.1 Å². The van der Waals surface area contributed by atoms with E-state index in [1.807, 2.05) is 55.5 Å². The van der Waals surface area contributed by atoms with Crippen LogP contribution in [0, 0.1) is 0 Å². The third-order valence-corrected chi connectivity index (χ3v) is 5.30. The van der Waals surface area contributed by atoms with Crippen molar-refractivity contribution in [3.05, 3.63) is 82.0 Å². The molecule has 4 nitrogen and oxygen atoms in total. The van der Waals surface area contributed by atoms with Crippen LogP contribution in [0.4, 0.5) is 0 Å². The van der Waals surface area contributed by atoms with Gasteiger partial charge in [0.1, 0.15) is 0 Å². The summed E-state index contributed by atoms with van der Waals surface area (Å²) in [4.78, 5) is 27.7. The maximum absolute atomic E-state index is 13.1. The number of hydrogen-bond donors (Lipinski definition) is 0. The lowest BCUT2D eigenvalue weighted by Gasteiger charge is -2.36. The largest absolute Gasteiger partial charge is 0.463 e. The summed E-state index contributed by atoms with van der Waals surface area (Å²) in [5, 5.41) is 0.550. The van der Waals surface area contributed by atoms with E-state index in [0.29, 0.717) is 29.3 Å². The van der Waals surface area contributed by atoms with Crippen LogP contribution in [0.5, 0.6) is 0 Å². The number of carbonyl (C=O) groups excluding carboxylic acids is 2. The van der Waals surface area contributed by atoms with Crippen molar-refractivity contribution in [2.45, 2.75) is 39.2 Å². The second-order valence-electron chi connectivity index (χ2n) is 6.68. The predicted molar refractivity (Wildman–Crippen MR) is 110 cm³/mol. The predicted octanol–water partition coefficient (Wildman–Crippen LogP) is 5.08. The van der Waals surface area contributed by atoms with Gasteiger partial charge in [-0.3, -0.25) is 4.79 Å². The lowest BCUT2D eigenvalue weighted by atomic mass is 9.82. The lowest BCUT2D eigenvalue weighted by molar-refractivity contribution is -0.140. The van der Waals surface area contributed by atoms with Crippen LogP contribution in [0.2, 0.25) is 5.02 Å². The molecule has 0 N–H and O–H groups in total. The van der Waals surface area contributed by atoms with Gasteiger partial charge in [-0.05, 0) is 30.5 Å². The standard InChI is InChI=1S/C23H24ClNO3/c1-3-20-22(23(27)28-4-2)18(17-12-8-9-13-19(17)24)14-21(26)25(20)15-16-10-6-5-7-11-16/h5-13,18H,3-4,14-15H2,1-2H3/t18-/m1/s1. The molecular formula is C23H24ClNO3. The summed E-state index contributed by atoms with van der Waals surface area (Å²) in [7, 11) is 0. The SMILES string of the molecule is CCOC(=O)C1=C(CC)N(Cc2ccccc2)C(=O)C[C@@H]1c1ccccc1Cl. The molecular weight excluding hydrogens is 374 g/mol. The number of nitrogens with zero attached hydrogens (tertiary/aromatic N) is 1. The van der Waals surface area contributed by atoms with Crippen molar-refractivity contribution in [2.24, 2.45) is 0 Å². The fraction of sp³-hybridized carbons (Fsp3) is 0.304. The van der Waals surface area contributed by atoms with E-state index in [-0.39, 0.29) is 24.9 Å². The minimum absolute atomic E-state index is 0.0151. The molecule has 0 radical (unpaired) electrons. The highest BCUT2D eigenvalue weighted by molar-refractivity contribution is 6.31. The van der Waals surface area contributed by atoms with Crippen molar-refractivity contribution in [3.63, 3.8) is 0 Å². The van der Waals surface area contributed by atoms with Crippen molar-refractivity contribution in [2.75, 3.05) is 6.61 Å². The summed E-state index contributed by atoms with van der Waals surface area (Å²) in [6.45, 7) is 4.45.